The lowest BCUT2D eigenvalue weighted by Gasteiger charge is -2.13. The lowest BCUT2D eigenvalue weighted by atomic mass is 9.88. The number of hydrogen-bond acceptors (Lipinski definition) is 5. The third-order valence-electron chi connectivity index (χ3n) is 4.30. The smallest absolute Gasteiger partial charge is 0.372 e. The molecule has 0 bridgehead atoms. The van der Waals surface area contributed by atoms with Crippen molar-refractivity contribution >= 4 is 11.8 Å². The highest BCUT2D eigenvalue weighted by Gasteiger charge is 2.58. The van der Waals surface area contributed by atoms with E-state index in [1.165, 1.54) is 0 Å². The number of carbonyl (C=O) groups excluding carboxylic acids is 1. The average Bonchev–Trinajstić information content (AvgIpc) is 2.65. The Balaban J connectivity index is 0.00000127. The maximum absolute atomic E-state index is 12.5. The van der Waals surface area contributed by atoms with E-state index in [-0.39, 0.29) is 6.42 Å². The number of aryl methyl sites for hydroxylation is 1. The minimum absolute atomic E-state index is 0.0287. The van der Waals surface area contributed by atoms with Crippen LogP contribution in [0.25, 0.3) is 0 Å². The molecule has 0 aromatic heterocycles. The molecule has 0 amide bonds. The first-order valence-corrected chi connectivity index (χ1v) is 7.21. The molecule has 0 saturated carbocycles. The molecule has 4 N–H and O–H groups in total. The first-order chi connectivity index (χ1) is 10.6. The Labute approximate surface area is 134 Å². The first-order valence-electron chi connectivity index (χ1n) is 7.21. The number of fused-ring (bicyclic) bond motifs is 1. The number of Topliss-reactive ketones (excluding diaryl/α,β-unsaturated/α-hetero) is 1. The summed E-state index contributed by atoms with van der Waals surface area (Å²) in [6.07, 6.45) is 0.340. The fourth-order valence-corrected chi connectivity index (χ4v) is 3.07. The number of carboxylic acids is 1. The second-order valence-electron chi connectivity index (χ2n) is 6.52. The van der Waals surface area contributed by atoms with Crippen LogP contribution in [0.3, 0.4) is 0 Å². The molecule has 1 aromatic rings. The SMILES string of the molecule is CC1(C)c2ccc(CCC(=O)C(=O)O)cc2C(C)(C)[N+]1=O.NO. The van der Waals surface area contributed by atoms with E-state index in [1.54, 1.807) is 0 Å². The third kappa shape index (κ3) is 3.30. The summed E-state index contributed by atoms with van der Waals surface area (Å²) in [6.45, 7) is 7.53. The number of nitrogens with two attached hydrogens (primary N) is 1. The maximum atomic E-state index is 12.5. The number of nitroso groups, excluding NO2 is 1. The predicted molar refractivity (Wildman–Crippen MR) is 83.1 cm³/mol. The summed E-state index contributed by atoms with van der Waals surface area (Å²) in [6, 6.07) is 5.70. The van der Waals surface area contributed by atoms with Crippen LogP contribution in [-0.4, -0.2) is 26.8 Å². The first kappa shape index (κ1) is 18.9. The topological polar surface area (TPSA) is 121 Å². The van der Waals surface area contributed by atoms with E-state index in [9.17, 15) is 14.5 Å². The summed E-state index contributed by atoms with van der Waals surface area (Å²) >= 11 is 0. The largest absolute Gasteiger partial charge is 0.476 e. The average molecular weight is 323 g/mol. The number of carboxylic acid groups (broad SMARTS) is 1. The fourth-order valence-electron chi connectivity index (χ4n) is 3.07. The fraction of sp³-hybridized carbons (Fsp3) is 0.500. The van der Waals surface area contributed by atoms with E-state index in [4.69, 9.17) is 10.3 Å². The third-order valence-corrected chi connectivity index (χ3v) is 4.30. The molecule has 0 saturated heterocycles. The summed E-state index contributed by atoms with van der Waals surface area (Å²) in [5, 5.41) is 15.1. The zero-order chi connectivity index (χ0) is 18.0. The van der Waals surface area contributed by atoms with Gasteiger partial charge >= 0.3 is 5.97 Å². The minimum atomic E-state index is -1.40. The molecule has 0 unspecified atom stereocenters. The Bertz CT molecular complexity index is 650. The van der Waals surface area contributed by atoms with Crippen molar-refractivity contribution in [3.63, 3.8) is 0 Å². The molecule has 0 aliphatic carbocycles. The van der Waals surface area contributed by atoms with Gasteiger partial charge in [-0.3, -0.25) is 4.79 Å². The maximum Gasteiger partial charge on any atom is 0.372 e. The van der Waals surface area contributed by atoms with E-state index in [0.29, 0.717) is 6.42 Å². The Morgan fingerprint density at radius 3 is 2.13 bits per heavy atom. The van der Waals surface area contributed by atoms with Gasteiger partial charge in [0.1, 0.15) is 0 Å². The lowest BCUT2D eigenvalue weighted by molar-refractivity contribution is -0.685. The molecular weight excluding hydrogens is 300 g/mol. The number of rotatable bonds is 4. The molecule has 7 heteroatoms. The zero-order valence-corrected chi connectivity index (χ0v) is 13.8. The van der Waals surface area contributed by atoms with Crippen molar-refractivity contribution in [1.82, 2.24) is 0 Å². The van der Waals surface area contributed by atoms with Crippen LogP contribution < -0.4 is 5.90 Å². The predicted octanol–water partition coefficient (Wildman–Crippen LogP) is 1.87. The molecule has 23 heavy (non-hydrogen) atoms. The highest BCUT2D eigenvalue weighted by Crippen LogP contribution is 2.46. The van der Waals surface area contributed by atoms with Gasteiger partial charge in [-0.25, -0.2) is 10.7 Å². The normalized spacial score (nSPS) is 17.0. The summed E-state index contributed by atoms with van der Waals surface area (Å²) in [5.41, 5.74) is 1.58. The molecule has 0 atom stereocenters. The molecule has 126 valence electrons. The van der Waals surface area contributed by atoms with Crippen molar-refractivity contribution in [3.8, 4) is 0 Å². The second-order valence-corrected chi connectivity index (χ2v) is 6.52. The number of carbonyl (C=O) groups is 2. The highest BCUT2D eigenvalue weighted by molar-refractivity contribution is 6.32. The summed E-state index contributed by atoms with van der Waals surface area (Å²) in [7, 11) is 0. The second kappa shape index (κ2) is 6.55. The molecule has 1 aliphatic heterocycles. The quantitative estimate of drug-likeness (QED) is 0.442. The van der Waals surface area contributed by atoms with Crippen LogP contribution in [0.4, 0.5) is 0 Å². The number of hydrogen-bond donors (Lipinski definition) is 3. The summed E-state index contributed by atoms with van der Waals surface area (Å²) in [5.74, 6) is 1.31. The molecule has 0 fully saturated rings. The van der Waals surface area contributed by atoms with E-state index in [2.05, 4.69) is 5.90 Å². The van der Waals surface area contributed by atoms with Crippen molar-refractivity contribution in [3.05, 3.63) is 39.8 Å². The molecule has 2 rings (SSSR count). The molecule has 0 spiro atoms. The van der Waals surface area contributed by atoms with Crippen LogP contribution in [0, 0.1) is 4.91 Å². The van der Waals surface area contributed by atoms with Crippen LogP contribution in [0.2, 0.25) is 0 Å². The number of ketones is 1. The van der Waals surface area contributed by atoms with Gasteiger partial charge in [-0.05, 0) is 18.1 Å². The van der Waals surface area contributed by atoms with Gasteiger partial charge < -0.3 is 10.3 Å². The van der Waals surface area contributed by atoms with E-state index >= 15 is 0 Å². The number of benzene rings is 1. The van der Waals surface area contributed by atoms with Gasteiger partial charge in [-0.15, -0.1) is 0 Å². The highest BCUT2D eigenvalue weighted by atomic mass is 16.4. The van der Waals surface area contributed by atoms with E-state index in [1.807, 2.05) is 45.9 Å². The Morgan fingerprint density at radius 1 is 1.09 bits per heavy atom. The van der Waals surface area contributed by atoms with Gasteiger partial charge in [-0.2, -0.15) is 0 Å². The van der Waals surface area contributed by atoms with Gasteiger partial charge in [0.2, 0.25) is 16.9 Å². The van der Waals surface area contributed by atoms with E-state index in [0.717, 1.165) is 21.5 Å². The van der Waals surface area contributed by atoms with Crippen molar-refractivity contribution in [1.29, 1.82) is 0 Å². The summed E-state index contributed by atoms with van der Waals surface area (Å²) < 4.78 is 1.09. The summed E-state index contributed by atoms with van der Waals surface area (Å²) in [4.78, 5) is 34.2. The van der Waals surface area contributed by atoms with Gasteiger partial charge in [0.15, 0.2) is 0 Å². The van der Waals surface area contributed by atoms with Crippen molar-refractivity contribution in [2.45, 2.75) is 51.6 Å². The number of aliphatic carboxylic acids is 1. The Morgan fingerprint density at radius 2 is 1.61 bits per heavy atom. The van der Waals surface area contributed by atoms with Crippen molar-refractivity contribution < 1.29 is 24.7 Å². The van der Waals surface area contributed by atoms with Crippen LogP contribution in [-0.2, 0) is 27.1 Å². The van der Waals surface area contributed by atoms with Crippen molar-refractivity contribution in [2.75, 3.05) is 0 Å². The molecule has 7 nitrogen and oxygen atoms in total. The van der Waals surface area contributed by atoms with Crippen LogP contribution in [0.1, 0.15) is 50.8 Å². The van der Waals surface area contributed by atoms with Gasteiger partial charge in [0.25, 0.3) is 0 Å². The van der Waals surface area contributed by atoms with Crippen LogP contribution >= 0.6 is 0 Å². The van der Waals surface area contributed by atoms with E-state index < -0.39 is 22.8 Å². The lowest BCUT2D eigenvalue weighted by Crippen LogP contribution is -2.34. The standard InChI is InChI=1S/C16H19NO4.H3NO/c1-15(2)11-7-5-10(6-8-13(18)14(19)20)9-12(11)16(3,4)17(15)21;1-2/h5,7,9H,6,8H2,1-4H3;2H,1H2/p+1. The number of nitrogens with zero attached hydrogens (tertiary/aromatic N) is 1. The Kier molecular flexibility index (Phi) is 5.39. The molecule has 1 aliphatic rings. The van der Waals surface area contributed by atoms with Crippen LogP contribution in [0.15, 0.2) is 18.2 Å². The van der Waals surface area contributed by atoms with Crippen LogP contribution in [0.5, 0.6) is 0 Å². The Hall–Kier alpha value is -2.12. The minimum Gasteiger partial charge on any atom is -0.476 e. The van der Waals surface area contributed by atoms with Gasteiger partial charge in [0.05, 0.1) is 0 Å². The van der Waals surface area contributed by atoms with Gasteiger partial charge in [0, 0.05) is 54.9 Å². The molecule has 0 radical (unpaired) electrons. The molecular formula is C16H23N2O5+. The monoisotopic (exact) mass is 323 g/mol. The molecule has 1 aromatic carbocycles. The zero-order valence-electron chi connectivity index (χ0n) is 13.8. The van der Waals surface area contributed by atoms with Crippen molar-refractivity contribution in [2.24, 2.45) is 5.90 Å². The van der Waals surface area contributed by atoms with Gasteiger partial charge in [-0.1, -0.05) is 12.1 Å². The molecule has 1 heterocycles.